The van der Waals surface area contributed by atoms with Crippen LogP contribution < -0.4 is 4.74 Å². The normalized spacial score (nSPS) is 14.7. The van der Waals surface area contributed by atoms with E-state index in [1.165, 1.54) is 0 Å². The molecule has 1 aliphatic rings. The predicted octanol–water partition coefficient (Wildman–Crippen LogP) is 4.77. The standard InChI is InChI=1S/C21H22O3/c1-2-3-11-16(21(22)23)18-14-24-19-13-8-7-12-17(19)20(18)15-9-5-4-6-10-15/h4-10,12-13,16H,2-3,11,14H2,1H3,(H,22,23). The Labute approximate surface area is 142 Å². The van der Waals surface area contributed by atoms with Gasteiger partial charge in [-0.05, 0) is 29.2 Å². The van der Waals surface area contributed by atoms with Crippen molar-refractivity contribution in [3.8, 4) is 5.75 Å². The number of ether oxygens (including phenoxy) is 1. The van der Waals surface area contributed by atoms with Gasteiger partial charge in [0.25, 0.3) is 0 Å². The highest BCUT2D eigenvalue weighted by atomic mass is 16.5. The molecule has 0 bridgehead atoms. The SMILES string of the molecule is CCCCC(C(=O)O)C1=C(c2ccccc2)c2ccccc2OC1. The maximum Gasteiger partial charge on any atom is 0.310 e. The van der Waals surface area contributed by atoms with Crippen molar-refractivity contribution in [1.29, 1.82) is 0 Å². The van der Waals surface area contributed by atoms with Crippen molar-refractivity contribution >= 4 is 11.5 Å². The number of carboxylic acid groups (broad SMARTS) is 1. The quantitative estimate of drug-likeness (QED) is 0.833. The zero-order chi connectivity index (χ0) is 16.9. The Morgan fingerprint density at radius 2 is 1.83 bits per heavy atom. The van der Waals surface area contributed by atoms with Gasteiger partial charge in [0.1, 0.15) is 12.4 Å². The minimum Gasteiger partial charge on any atom is -0.489 e. The van der Waals surface area contributed by atoms with E-state index in [1.54, 1.807) is 0 Å². The van der Waals surface area contributed by atoms with Crippen LogP contribution in [-0.2, 0) is 4.79 Å². The Morgan fingerprint density at radius 1 is 1.12 bits per heavy atom. The molecule has 3 heteroatoms. The summed E-state index contributed by atoms with van der Waals surface area (Å²) in [4.78, 5) is 11.9. The number of benzene rings is 2. The van der Waals surface area contributed by atoms with Crippen molar-refractivity contribution < 1.29 is 14.6 Å². The number of carboxylic acids is 1. The summed E-state index contributed by atoms with van der Waals surface area (Å²) in [6.07, 6.45) is 2.52. The summed E-state index contributed by atoms with van der Waals surface area (Å²) in [7, 11) is 0. The minimum atomic E-state index is -0.769. The van der Waals surface area contributed by atoms with E-state index in [4.69, 9.17) is 4.74 Å². The molecule has 0 saturated heterocycles. The molecule has 0 radical (unpaired) electrons. The lowest BCUT2D eigenvalue weighted by atomic mass is 9.83. The molecule has 124 valence electrons. The van der Waals surface area contributed by atoms with Crippen LogP contribution in [-0.4, -0.2) is 17.7 Å². The molecule has 3 nitrogen and oxygen atoms in total. The molecular formula is C21H22O3. The van der Waals surface area contributed by atoms with Gasteiger partial charge in [0.15, 0.2) is 0 Å². The van der Waals surface area contributed by atoms with E-state index in [0.717, 1.165) is 40.9 Å². The van der Waals surface area contributed by atoms with Gasteiger partial charge in [-0.25, -0.2) is 0 Å². The van der Waals surface area contributed by atoms with Crippen LogP contribution in [0.3, 0.4) is 0 Å². The summed E-state index contributed by atoms with van der Waals surface area (Å²) in [5.41, 5.74) is 3.92. The van der Waals surface area contributed by atoms with Gasteiger partial charge >= 0.3 is 5.97 Å². The number of para-hydroxylation sites is 1. The number of hydrogen-bond donors (Lipinski definition) is 1. The molecule has 2 aromatic rings. The van der Waals surface area contributed by atoms with E-state index < -0.39 is 11.9 Å². The van der Waals surface area contributed by atoms with Gasteiger partial charge in [-0.15, -0.1) is 0 Å². The topological polar surface area (TPSA) is 46.5 Å². The molecule has 24 heavy (non-hydrogen) atoms. The molecule has 0 amide bonds. The number of rotatable bonds is 6. The van der Waals surface area contributed by atoms with Crippen molar-refractivity contribution in [2.75, 3.05) is 6.61 Å². The van der Waals surface area contributed by atoms with Gasteiger partial charge in [-0.2, -0.15) is 0 Å². The lowest BCUT2D eigenvalue weighted by Gasteiger charge is -2.28. The first kappa shape index (κ1) is 16.3. The number of carbonyl (C=O) groups is 1. The van der Waals surface area contributed by atoms with Crippen molar-refractivity contribution in [2.24, 2.45) is 5.92 Å². The molecule has 1 unspecified atom stereocenters. The van der Waals surface area contributed by atoms with Crippen LogP contribution in [0.25, 0.3) is 5.57 Å². The molecule has 1 heterocycles. The van der Waals surface area contributed by atoms with E-state index in [-0.39, 0.29) is 0 Å². The zero-order valence-electron chi connectivity index (χ0n) is 13.9. The highest BCUT2D eigenvalue weighted by Gasteiger charge is 2.30. The van der Waals surface area contributed by atoms with Gasteiger partial charge in [-0.1, -0.05) is 68.3 Å². The highest BCUT2D eigenvalue weighted by Crippen LogP contribution is 2.40. The summed E-state index contributed by atoms with van der Waals surface area (Å²) in [5, 5.41) is 9.78. The number of aliphatic carboxylic acids is 1. The fourth-order valence-electron chi connectivity index (χ4n) is 3.28. The first-order valence-corrected chi connectivity index (χ1v) is 8.45. The Kier molecular flexibility index (Phi) is 4.99. The van der Waals surface area contributed by atoms with Crippen LogP contribution in [0.15, 0.2) is 60.2 Å². The van der Waals surface area contributed by atoms with Gasteiger partial charge in [0.2, 0.25) is 0 Å². The molecule has 2 aromatic carbocycles. The second-order valence-electron chi connectivity index (χ2n) is 6.08. The van der Waals surface area contributed by atoms with E-state index >= 15 is 0 Å². The lowest BCUT2D eigenvalue weighted by molar-refractivity contribution is -0.140. The van der Waals surface area contributed by atoms with Gasteiger partial charge < -0.3 is 9.84 Å². The average Bonchev–Trinajstić information content (AvgIpc) is 2.62. The van der Waals surface area contributed by atoms with Crippen LogP contribution >= 0.6 is 0 Å². The van der Waals surface area contributed by atoms with Crippen molar-refractivity contribution in [3.63, 3.8) is 0 Å². The molecule has 0 fully saturated rings. The summed E-state index contributed by atoms with van der Waals surface area (Å²) >= 11 is 0. The Morgan fingerprint density at radius 3 is 2.54 bits per heavy atom. The third kappa shape index (κ3) is 3.21. The van der Waals surface area contributed by atoms with Gasteiger partial charge in [0.05, 0.1) is 5.92 Å². The largest absolute Gasteiger partial charge is 0.489 e. The average molecular weight is 322 g/mol. The molecule has 0 spiro atoms. The summed E-state index contributed by atoms with van der Waals surface area (Å²) < 4.78 is 5.88. The first-order valence-electron chi connectivity index (χ1n) is 8.45. The molecule has 0 saturated carbocycles. The highest BCUT2D eigenvalue weighted by molar-refractivity contribution is 5.90. The van der Waals surface area contributed by atoms with E-state index in [2.05, 4.69) is 6.92 Å². The number of unbranched alkanes of at least 4 members (excludes halogenated alkanes) is 1. The summed E-state index contributed by atoms with van der Waals surface area (Å²) in [5.74, 6) is -0.455. The third-order valence-corrected chi connectivity index (χ3v) is 4.49. The fourth-order valence-corrected chi connectivity index (χ4v) is 3.28. The predicted molar refractivity (Wildman–Crippen MR) is 95.1 cm³/mol. The van der Waals surface area contributed by atoms with E-state index in [9.17, 15) is 9.90 Å². The third-order valence-electron chi connectivity index (χ3n) is 4.49. The maximum atomic E-state index is 11.9. The van der Waals surface area contributed by atoms with E-state index in [0.29, 0.717) is 13.0 Å². The van der Waals surface area contributed by atoms with Crippen LogP contribution in [0.1, 0.15) is 37.3 Å². The molecule has 0 aromatic heterocycles. The van der Waals surface area contributed by atoms with E-state index in [1.807, 2.05) is 54.6 Å². The lowest BCUT2D eigenvalue weighted by Crippen LogP contribution is -2.24. The van der Waals surface area contributed by atoms with Crippen molar-refractivity contribution in [2.45, 2.75) is 26.2 Å². The second kappa shape index (κ2) is 7.35. The minimum absolute atomic E-state index is 0.335. The monoisotopic (exact) mass is 322 g/mol. The first-order chi connectivity index (χ1) is 11.7. The fraction of sp³-hybridized carbons (Fsp3) is 0.286. The van der Waals surface area contributed by atoms with Crippen LogP contribution in [0.5, 0.6) is 5.75 Å². The van der Waals surface area contributed by atoms with Crippen LogP contribution in [0.4, 0.5) is 0 Å². The smallest absolute Gasteiger partial charge is 0.310 e. The zero-order valence-corrected chi connectivity index (χ0v) is 13.9. The van der Waals surface area contributed by atoms with Crippen molar-refractivity contribution in [3.05, 3.63) is 71.3 Å². The molecule has 1 atom stereocenters. The molecule has 3 rings (SSSR count). The van der Waals surface area contributed by atoms with Gasteiger partial charge in [-0.3, -0.25) is 4.79 Å². The maximum absolute atomic E-state index is 11.9. The molecule has 1 aliphatic heterocycles. The number of hydrogen-bond acceptors (Lipinski definition) is 2. The van der Waals surface area contributed by atoms with Crippen molar-refractivity contribution in [1.82, 2.24) is 0 Å². The Hall–Kier alpha value is -2.55. The van der Waals surface area contributed by atoms with Crippen LogP contribution in [0.2, 0.25) is 0 Å². The molecule has 1 N–H and O–H groups in total. The second-order valence-corrected chi connectivity index (χ2v) is 6.08. The Balaban J connectivity index is 2.17. The molecular weight excluding hydrogens is 300 g/mol. The Bertz CT molecular complexity index is 747. The number of fused-ring (bicyclic) bond motifs is 1. The summed E-state index contributed by atoms with van der Waals surface area (Å²) in [6, 6.07) is 17.9. The van der Waals surface area contributed by atoms with Crippen LogP contribution in [0, 0.1) is 5.92 Å². The molecule has 0 aliphatic carbocycles. The van der Waals surface area contributed by atoms with Gasteiger partial charge in [0, 0.05) is 5.56 Å². The summed E-state index contributed by atoms with van der Waals surface area (Å²) in [6.45, 7) is 2.42.